The fraction of sp³-hybridized carbons (Fsp3) is 0.333. The number of carbonyl (C=O) groups excluding carboxylic acids is 2. The molecule has 0 spiro atoms. The van der Waals surface area contributed by atoms with Crippen molar-refractivity contribution in [1.82, 2.24) is 4.90 Å². The highest BCUT2D eigenvalue weighted by Crippen LogP contribution is 2.47. The van der Waals surface area contributed by atoms with Crippen LogP contribution < -0.4 is 10.6 Å². The van der Waals surface area contributed by atoms with Gasteiger partial charge in [-0.05, 0) is 31.3 Å². The quantitative estimate of drug-likeness (QED) is 0.671. The number of aliphatic hydroxyl groups is 1. The summed E-state index contributed by atoms with van der Waals surface area (Å²) in [6, 6.07) is 8.55. The number of amides is 2. The van der Waals surface area contributed by atoms with Gasteiger partial charge in [0, 0.05) is 29.2 Å². The SMILES string of the molecule is CCN(CC)CCN1C(=O)C(O)(c2ccccc2Cl)c2c(F)cc(C(N)=O)cc21.Cl. The van der Waals surface area contributed by atoms with Crippen molar-refractivity contribution in [3.63, 3.8) is 0 Å². The predicted molar refractivity (Wildman–Crippen MR) is 117 cm³/mol. The molecule has 2 aromatic carbocycles. The molecular weight excluding hydrogens is 432 g/mol. The topological polar surface area (TPSA) is 86.9 Å². The summed E-state index contributed by atoms with van der Waals surface area (Å²) in [6.07, 6.45) is 0. The normalized spacial score (nSPS) is 17.8. The Bertz CT molecular complexity index is 969. The molecule has 6 nitrogen and oxygen atoms in total. The van der Waals surface area contributed by atoms with Crippen LogP contribution in [0.3, 0.4) is 0 Å². The molecule has 162 valence electrons. The van der Waals surface area contributed by atoms with Gasteiger partial charge in [-0.1, -0.05) is 43.6 Å². The number of anilines is 1. The first-order valence-corrected chi connectivity index (χ1v) is 9.78. The van der Waals surface area contributed by atoms with Gasteiger partial charge < -0.3 is 20.6 Å². The molecular formula is C21H24Cl2FN3O3. The Labute approximate surface area is 185 Å². The van der Waals surface area contributed by atoms with Gasteiger partial charge >= 0.3 is 0 Å². The maximum atomic E-state index is 15.1. The Morgan fingerprint density at radius 2 is 1.90 bits per heavy atom. The molecule has 0 radical (unpaired) electrons. The van der Waals surface area contributed by atoms with Crippen LogP contribution in [-0.4, -0.2) is 48.0 Å². The van der Waals surface area contributed by atoms with Crippen molar-refractivity contribution >= 4 is 41.5 Å². The zero-order chi connectivity index (χ0) is 21.3. The standard InChI is InChI=1S/C21H23ClFN3O3.ClH/c1-3-25(4-2)9-10-26-17-12-13(19(24)27)11-16(23)18(17)21(29,20(26)28)14-7-5-6-8-15(14)22;/h5-8,11-12,29H,3-4,9-10H2,1-2H3,(H2,24,27);1H. The maximum Gasteiger partial charge on any atom is 0.268 e. The molecule has 0 aromatic heterocycles. The van der Waals surface area contributed by atoms with Crippen LogP contribution in [0.25, 0.3) is 0 Å². The first-order valence-electron chi connectivity index (χ1n) is 9.41. The predicted octanol–water partition coefficient (Wildman–Crippen LogP) is 2.92. The number of hydrogen-bond acceptors (Lipinski definition) is 4. The number of carbonyl (C=O) groups is 2. The van der Waals surface area contributed by atoms with Crippen molar-refractivity contribution in [3.8, 4) is 0 Å². The van der Waals surface area contributed by atoms with E-state index < -0.39 is 23.2 Å². The first-order chi connectivity index (χ1) is 13.7. The highest BCUT2D eigenvalue weighted by molar-refractivity contribution is 6.32. The van der Waals surface area contributed by atoms with Crippen molar-refractivity contribution < 1.29 is 19.1 Å². The molecule has 1 heterocycles. The van der Waals surface area contributed by atoms with Gasteiger partial charge in [0.1, 0.15) is 5.82 Å². The minimum Gasteiger partial charge on any atom is -0.372 e. The minimum absolute atomic E-state index is 0. The van der Waals surface area contributed by atoms with E-state index in [1.807, 2.05) is 13.8 Å². The number of primary amides is 1. The molecule has 1 aliphatic rings. The molecule has 2 amide bonds. The van der Waals surface area contributed by atoms with E-state index in [4.69, 9.17) is 17.3 Å². The summed E-state index contributed by atoms with van der Waals surface area (Å²) < 4.78 is 15.1. The van der Waals surface area contributed by atoms with Gasteiger partial charge in [-0.25, -0.2) is 4.39 Å². The van der Waals surface area contributed by atoms with Gasteiger partial charge in [0.15, 0.2) is 0 Å². The number of likely N-dealkylation sites (N-methyl/N-ethyl adjacent to an activating group) is 1. The van der Waals surface area contributed by atoms with Crippen molar-refractivity contribution in [2.75, 3.05) is 31.1 Å². The molecule has 0 bridgehead atoms. The number of nitrogens with two attached hydrogens (primary N) is 1. The molecule has 1 aliphatic heterocycles. The van der Waals surface area contributed by atoms with Crippen molar-refractivity contribution in [3.05, 3.63) is 63.9 Å². The van der Waals surface area contributed by atoms with Crippen molar-refractivity contribution in [2.24, 2.45) is 5.73 Å². The van der Waals surface area contributed by atoms with E-state index in [2.05, 4.69) is 4.90 Å². The number of fused-ring (bicyclic) bond motifs is 1. The second-order valence-corrected chi connectivity index (χ2v) is 7.30. The third-order valence-electron chi connectivity index (χ3n) is 5.36. The summed E-state index contributed by atoms with van der Waals surface area (Å²) >= 11 is 6.24. The van der Waals surface area contributed by atoms with Crippen molar-refractivity contribution in [1.29, 1.82) is 0 Å². The highest BCUT2D eigenvalue weighted by atomic mass is 35.5. The van der Waals surface area contributed by atoms with Crippen LogP contribution >= 0.6 is 24.0 Å². The average Bonchev–Trinajstić information content (AvgIpc) is 2.91. The molecule has 2 aromatic rings. The van der Waals surface area contributed by atoms with E-state index in [1.165, 1.54) is 23.1 Å². The Morgan fingerprint density at radius 1 is 1.27 bits per heavy atom. The molecule has 0 aliphatic carbocycles. The lowest BCUT2D eigenvalue weighted by Gasteiger charge is -2.26. The second-order valence-electron chi connectivity index (χ2n) is 6.89. The van der Waals surface area contributed by atoms with Crippen LogP contribution in [-0.2, 0) is 10.4 Å². The number of halogens is 3. The van der Waals surface area contributed by atoms with Crippen LogP contribution in [0.15, 0.2) is 36.4 Å². The lowest BCUT2D eigenvalue weighted by Crippen LogP contribution is -2.44. The molecule has 3 rings (SSSR count). The average molecular weight is 456 g/mol. The zero-order valence-electron chi connectivity index (χ0n) is 16.7. The Kier molecular flexibility index (Phi) is 7.47. The van der Waals surface area contributed by atoms with Crippen LogP contribution in [0.4, 0.5) is 10.1 Å². The molecule has 0 saturated carbocycles. The maximum absolute atomic E-state index is 15.1. The number of rotatable bonds is 7. The minimum atomic E-state index is -2.29. The molecule has 1 unspecified atom stereocenters. The Balaban J connectivity index is 0.00000320. The van der Waals surface area contributed by atoms with Crippen LogP contribution in [0.2, 0.25) is 5.02 Å². The third-order valence-corrected chi connectivity index (χ3v) is 5.69. The summed E-state index contributed by atoms with van der Waals surface area (Å²) in [7, 11) is 0. The van der Waals surface area contributed by atoms with E-state index in [0.717, 1.165) is 19.2 Å². The molecule has 30 heavy (non-hydrogen) atoms. The summed E-state index contributed by atoms with van der Waals surface area (Å²) in [5.41, 5.74) is 2.94. The van der Waals surface area contributed by atoms with Crippen LogP contribution in [0.5, 0.6) is 0 Å². The number of nitrogens with zero attached hydrogens (tertiary/aromatic N) is 2. The fourth-order valence-electron chi connectivity index (χ4n) is 3.72. The van der Waals surface area contributed by atoms with Gasteiger partial charge in [-0.3, -0.25) is 9.59 Å². The smallest absolute Gasteiger partial charge is 0.268 e. The van der Waals surface area contributed by atoms with Gasteiger partial charge in [0.2, 0.25) is 11.5 Å². The van der Waals surface area contributed by atoms with Gasteiger partial charge in [0.25, 0.3) is 5.91 Å². The molecule has 0 fully saturated rings. The summed E-state index contributed by atoms with van der Waals surface area (Å²) in [5, 5.41) is 11.6. The van der Waals surface area contributed by atoms with E-state index in [1.54, 1.807) is 12.1 Å². The van der Waals surface area contributed by atoms with Gasteiger partial charge in [-0.15, -0.1) is 12.4 Å². The summed E-state index contributed by atoms with van der Waals surface area (Å²) in [6.45, 7) is 6.26. The fourth-order valence-corrected chi connectivity index (χ4v) is 4.00. The molecule has 3 N–H and O–H groups in total. The Morgan fingerprint density at radius 3 is 2.47 bits per heavy atom. The summed E-state index contributed by atoms with van der Waals surface area (Å²) in [5.74, 6) is -2.43. The second kappa shape index (κ2) is 9.31. The van der Waals surface area contributed by atoms with E-state index in [9.17, 15) is 14.7 Å². The van der Waals surface area contributed by atoms with Crippen molar-refractivity contribution in [2.45, 2.75) is 19.4 Å². The monoisotopic (exact) mass is 455 g/mol. The molecule has 1 atom stereocenters. The third kappa shape index (κ3) is 3.90. The zero-order valence-corrected chi connectivity index (χ0v) is 18.3. The number of hydrogen-bond donors (Lipinski definition) is 2. The van der Waals surface area contributed by atoms with Crippen LogP contribution in [0, 0.1) is 5.82 Å². The summed E-state index contributed by atoms with van der Waals surface area (Å²) in [4.78, 5) is 28.4. The first kappa shape index (κ1) is 24.1. The highest BCUT2D eigenvalue weighted by Gasteiger charge is 2.54. The van der Waals surface area contributed by atoms with E-state index in [0.29, 0.717) is 6.54 Å². The van der Waals surface area contributed by atoms with Crippen LogP contribution in [0.1, 0.15) is 35.3 Å². The Hall–Kier alpha value is -2.19. The van der Waals surface area contributed by atoms with Gasteiger partial charge in [0.05, 0.1) is 11.3 Å². The van der Waals surface area contributed by atoms with E-state index >= 15 is 4.39 Å². The van der Waals surface area contributed by atoms with E-state index in [-0.39, 0.29) is 46.4 Å². The largest absolute Gasteiger partial charge is 0.372 e. The molecule has 0 saturated heterocycles. The lowest BCUT2D eigenvalue weighted by molar-refractivity contribution is -0.132. The number of benzene rings is 2. The lowest BCUT2D eigenvalue weighted by atomic mass is 9.86. The van der Waals surface area contributed by atoms with Gasteiger partial charge in [-0.2, -0.15) is 0 Å². The molecule has 9 heteroatoms.